The Labute approximate surface area is 164 Å². The van der Waals surface area contributed by atoms with E-state index in [4.69, 9.17) is 8.83 Å². The Morgan fingerprint density at radius 1 is 1.25 bits per heavy atom. The summed E-state index contributed by atoms with van der Waals surface area (Å²) >= 11 is 0. The largest absolute Gasteiger partial charge is 0.466 e. The van der Waals surface area contributed by atoms with Gasteiger partial charge < -0.3 is 19.1 Å². The van der Waals surface area contributed by atoms with Crippen LogP contribution in [0.2, 0.25) is 0 Å². The first kappa shape index (κ1) is 18.5. The van der Waals surface area contributed by atoms with E-state index in [2.05, 4.69) is 20.2 Å². The summed E-state index contributed by atoms with van der Waals surface area (Å²) in [6.07, 6.45) is 4.09. The van der Waals surface area contributed by atoms with E-state index in [-0.39, 0.29) is 11.8 Å². The van der Waals surface area contributed by atoms with Gasteiger partial charge in [-0.2, -0.15) is 0 Å². The number of piperidine rings is 1. The highest BCUT2D eigenvalue weighted by Crippen LogP contribution is 2.32. The molecule has 1 unspecified atom stereocenters. The van der Waals surface area contributed by atoms with Crippen molar-refractivity contribution in [3.63, 3.8) is 0 Å². The summed E-state index contributed by atoms with van der Waals surface area (Å²) in [7, 11) is 0. The molecule has 1 aliphatic heterocycles. The minimum absolute atomic E-state index is 0.0505. The molecule has 0 bridgehead atoms. The number of amides is 1. The van der Waals surface area contributed by atoms with Crippen molar-refractivity contribution in [3.05, 3.63) is 41.3 Å². The number of carbonyl (C=O) groups excluding carboxylic acids is 1. The number of nitrogens with zero attached hydrogens (tertiary/aromatic N) is 3. The van der Waals surface area contributed by atoms with Gasteiger partial charge in [0.05, 0.1) is 11.3 Å². The number of aryl methyl sites for hydroxylation is 3. The van der Waals surface area contributed by atoms with Crippen LogP contribution < -0.4 is 10.2 Å². The Balaban J connectivity index is 1.42. The molecule has 0 saturated carbocycles. The number of anilines is 1. The van der Waals surface area contributed by atoms with E-state index in [9.17, 15) is 4.79 Å². The van der Waals surface area contributed by atoms with Crippen LogP contribution in [0.15, 0.2) is 27.3 Å². The standard InChI is InChI=1S/C21H26N4O3/c1-13-6-7-17(27-13)8-9-22-20(26)16-5-4-10-25(11-16)19-18-14(2)15(3)28-21(18)24-12-23-19/h6-7,12,16H,4-5,8-11H2,1-3H3,(H,22,26). The molecule has 7 nitrogen and oxygen atoms in total. The van der Waals surface area contributed by atoms with Crippen molar-refractivity contribution in [2.45, 2.75) is 40.0 Å². The highest BCUT2D eigenvalue weighted by molar-refractivity contribution is 5.90. The van der Waals surface area contributed by atoms with Gasteiger partial charge in [0.1, 0.15) is 29.4 Å². The van der Waals surface area contributed by atoms with Crippen molar-refractivity contribution in [3.8, 4) is 0 Å². The van der Waals surface area contributed by atoms with Gasteiger partial charge in [0.25, 0.3) is 0 Å². The third-order valence-electron chi connectivity index (χ3n) is 5.50. The molecule has 0 aliphatic carbocycles. The van der Waals surface area contributed by atoms with Gasteiger partial charge in [-0.1, -0.05) is 0 Å². The lowest BCUT2D eigenvalue weighted by Crippen LogP contribution is -2.43. The molecule has 1 fully saturated rings. The van der Waals surface area contributed by atoms with Crippen molar-refractivity contribution in [1.29, 1.82) is 0 Å². The van der Waals surface area contributed by atoms with Crippen molar-refractivity contribution in [2.75, 3.05) is 24.5 Å². The average Bonchev–Trinajstić information content (AvgIpc) is 3.24. The highest BCUT2D eigenvalue weighted by atomic mass is 16.3. The molecule has 0 aromatic carbocycles. The zero-order valence-electron chi connectivity index (χ0n) is 16.6. The van der Waals surface area contributed by atoms with Gasteiger partial charge in [0.2, 0.25) is 11.6 Å². The number of aromatic nitrogens is 2. The van der Waals surface area contributed by atoms with Gasteiger partial charge in [-0.3, -0.25) is 4.79 Å². The van der Waals surface area contributed by atoms with E-state index in [1.54, 1.807) is 0 Å². The molecule has 1 amide bonds. The third-order valence-corrected chi connectivity index (χ3v) is 5.50. The maximum absolute atomic E-state index is 12.7. The normalized spacial score (nSPS) is 17.2. The molecule has 4 rings (SSSR count). The van der Waals surface area contributed by atoms with Gasteiger partial charge in [-0.15, -0.1) is 0 Å². The van der Waals surface area contributed by atoms with Gasteiger partial charge in [-0.05, 0) is 45.7 Å². The van der Waals surface area contributed by atoms with Gasteiger partial charge in [-0.25, -0.2) is 9.97 Å². The predicted molar refractivity (Wildman–Crippen MR) is 106 cm³/mol. The van der Waals surface area contributed by atoms with E-state index in [1.165, 1.54) is 6.33 Å². The fourth-order valence-electron chi connectivity index (χ4n) is 3.86. The Morgan fingerprint density at radius 3 is 2.89 bits per heavy atom. The van der Waals surface area contributed by atoms with Crippen molar-refractivity contribution < 1.29 is 13.6 Å². The van der Waals surface area contributed by atoms with Crippen LogP contribution in [0.1, 0.15) is 35.7 Å². The molecule has 1 N–H and O–H groups in total. The van der Waals surface area contributed by atoms with Crippen LogP contribution in [0.4, 0.5) is 5.82 Å². The topological polar surface area (TPSA) is 84.4 Å². The number of furan rings is 2. The molecule has 28 heavy (non-hydrogen) atoms. The Morgan fingerprint density at radius 2 is 2.11 bits per heavy atom. The lowest BCUT2D eigenvalue weighted by Gasteiger charge is -2.33. The van der Waals surface area contributed by atoms with E-state index in [0.717, 1.165) is 53.4 Å². The van der Waals surface area contributed by atoms with E-state index in [1.807, 2.05) is 32.9 Å². The second kappa shape index (κ2) is 7.66. The fourth-order valence-corrected chi connectivity index (χ4v) is 3.86. The minimum Gasteiger partial charge on any atom is -0.466 e. The third kappa shape index (κ3) is 3.61. The number of rotatable bonds is 5. The Bertz CT molecular complexity index is 991. The molecule has 0 radical (unpaired) electrons. The number of fused-ring (bicyclic) bond motifs is 1. The van der Waals surface area contributed by atoms with E-state index >= 15 is 0 Å². The average molecular weight is 382 g/mol. The SMILES string of the molecule is Cc1ccc(CCNC(=O)C2CCCN(c3ncnc4oc(C)c(C)c34)C2)o1. The number of carbonyl (C=O) groups is 1. The number of hydrogen-bond acceptors (Lipinski definition) is 6. The first-order valence-corrected chi connectivity index (χ1v) is 9.81. The first-order valence-electron chi connectivity index (χ1n) is 9.81. The summed E-state index contributed by atoms with van der Waals surface area (Å²) in [5.41, 5.74) is 1.67. The number of hydrogen-bond donors (Lipinski definition) is 1. The zero-order chi connectivity index (χ0) is 19.7. The fraction of sp³-hybridized carbons (Fsp3) is 0.476. The maximum atomic E-state index is 12.7. The second-order valence-electron chi connectivity index (χ2n) is 7.50. The van der Waals surface area contributed by atoms with E-state index < -0.39 is 0 Å². The summed E-state index contributed by atoms with van der Waals surface area (Å²) in [6.45, 7) is 8.01. The van der Waals surface area contributed by atoms with Crippen LogP contribution >= 0.6 is 0 Å². The van der Waals surface area contributed by atoms with Gasteiger partial charge >= 0.3 is 0 Å². The molecule has 4 heterocycles. The molecular weight excluding hydrogens is 356 g/mol. The van der Waals surface area contributed by atoms with Gasteiger partial charge in [0, 0.05) is 31.6 Å². The van der Waals surface area contributed by atoms with Crippen LogP contribution in [0.25, 0.3) is 11.1 Å². The molecular formula is C21H26N4O3. The molecule has 3 aromatic heterocycles. The van der Waals surface area contributed by atoms with Gasteiger partial charge in [0.15, 0.2) is 0 Å². The lowest BCUT2D eigenvalue weighted by molar-refractivity contribution is -0.125. The van der Waals surface area contributed by atoms with Crippen LogP contribution in [-0.2, 0) is 11.2 Å². The van der Waals surface area contributed by atoms with Crippen LogP contribution in [0.5, 0.6) is 0 Å². The molecule has 148 valence electrons. The summed E-state index contributed by atoms with van der Waals surface area (Å²) in [4.78, 5) is 23.6. The van der Waals surface area contributed by atoms with Crippen LogP contribution in [-0.4, -0.2) is 35.5 Å². The van der Waals surface area contributed by atoms with Crippen molar-refractivity contribution in [2.24, 2.45) is 5.92 Å². The van der Waals surface area contributed by atoms with Crippen LogP contribution in [0, 0.1) is 26.7 Å². The highest BCUT2D eigenvalue weighted by Gasteiger charge is 2.28. The molecule has 1 aliphatic rings. The summed E-state index contributed by atoms with van der Waals surface area (Å²) in [5, 5.41) is 4.01. The summed E-state index contributed by atoms with van der Waals surface area (Å²) in [6, 6.07) is 3.90. The molecule has 0 spiro atoms. The first-order chi connectivity index (χ1) is 13.5. The molecule has 7 heteroatoms. The Kier molecular flexibility index (Phi) is 5.07. The Hall–Kier alpha value is -2.83. The quantitative estimate of drug-likeness (QED) is 0.729. The number of nitrogens with one attached hydrogen (secondary N) is 1. The summed E-state index contributed by atoms with van der Waals surface area (Å²) in [5.74, 6) is 3.56. The molecule has 1 saturated heterocycles. The van der Waals surface area contributed by atoms with Crippen LogP contribution in [0.3, 0.4) is 0 Å². The second-order valence-corrected chi connectivity index (χ2v) is 7.50. The maximum Gasteiger partial charge on any atom is 0.231 e. The summed E-state index contributed by atoms with van der Waals surface area (Å²) < 4.78 is 11.3. The van der Waals surface area contributed by atoms with Crippen molar-refractivity contribution in [1.82, 2.24) is 15.3 Å². The zero-order valence-corrected chi connectivity index (χ0v) is 16.6. The smallest absolute Gasteiger partial charge is 0.231 e. The predicted octanol–water partition coefficient (Wildman–Crippen LogP) is 3.32. The molecule has 1 atom stereocenters. The lowest BCUT2D eigenvalue weighted by atomic mass is 9.96. The minimum atomic E-state index is -0.0505. The monoisotopic (exact) mass is 382 g/mol. The van der Waals surface area contributed by atoms with E-state index in [0.29, 0.717) is 25.2 Å². The van der Waals surface area contributed by atoms with Crippen molar-refractivity contribution >= 4 is 22.8 Å². The molecule has 3 aromatic rings.